The number of aromatic nitrogens is 1. The Labute approximate surface area is 178 Å². The van der Waals surface area contributed by atoms with Gasteiger partial charge in [-0.2, -0.15) is 0 Å². The third kappa shape index (κ3) is 2.91. The Morgan fingerprint density at radius 3 is 2.55 bits per heavy atom. The van der Waals surface area contributed by atoms with E-state index in [4.69, 9.17) is 11.3 Å². The minimum Gasteiger partial charge on any atom is -0.455 e. The number of pyridine rings is 1. The number of nitrogens with zero attached hydrogens (tertiary/aromatic N) is 1. The molecule has 0 saturated heterocycles. The summed E-state index contributed by atoms with van der Waals surface area (Å²) >= 11 is 0. The van der Waals surface area contributed by atoms with Crippen LogP contribution in [-0.2, 0) is 0 Å². The SMILES string of the molecule is [2H]c1nc(-c2cccc3c2oc2cc4ccccc4cc23)cc(C([2H])(CC)CC)c1C([2H])([2H])[2H]. The first-order valence-electron chi connectivity index (χ1n) is 12.5. The zero-order valence-electron chi connectivity index (χ0n) is 21.5. The summed E-state index contributed by atoms with van der Waals surface area (Å²) in [6.07, 6.45) is 0.540. The lowest BCUT2D eigenvalue weighted by atomic mass is 9.90. The summed E-state index contributed by atoms with van der Waals surface area (Å²) in [7, 11) is 0. The molecule has 0 radical (unpaired) electrons. The van der Waals surface area contributed by atoms with Crippen molar-refractivity contribution in [3.63, 3.8) is 0 Å². The van der Waals surface area contributed by atoms with Gasteiger partial charge in [0.1, 0.15) is 11.2 Å². The molecule has 0 atom stereocenters. The van der Waals surface area contributed by atoms with Crippen molar-refractivity contribution in [2.75, 3.05) is 0 Å². The maximum absolute atomic E-state index is 8.98. The molecule has 2 aromatic heterocycles. The van der Waals surface area contributed by atoms with Crippen LogP contribution in [0.4, 0.5) is 0 Å². The smallest absolute Gasteiger partial charge is 0.144 e. The molecular formula is C27H25NO. The lowest BCUT2D eigenvalue weighted by molar-refractivity contribution is 0.637. The van der Waals surface area contributed by atoms with E-state index in [0.717, 1.165) is 27.1 Å². The van der Waals surface area contributed by atoms with E-state index in [0.29, 0.717) is 35.2 Å². The summed E-state index contributed by atoms with van der Waals surface area (Å²) in [5, 5.41) is 4.11. The van der Waals surface area contributed by atoms with Crippen molar-refractivity contribution in [2.24, 2.45) is 0 Å². The van der Waals surface area contributed by atoms with Crippen molar-refractivity contribution in [3.05, 3.63) is 78.0 Å². The zero-order valence-corrected chi connectivity index (χ0v) is 16.5. The molecule has 0 amide bonds. The molecule has 5 rings (SSSR count). The summed E-state index contributed by atoms with van der Waals surface area (Å²) in [5.74, 6) is -1.13. The molecule has 144 valence electrons. The van der Waals surface area contributed by atoms with E-state index < -0.39 is 12.7 Å². The van der Waals surface area contributed by atoms with Crippen molar-refractivity contribution in [1.29, 1.82) is 0 Å². The maximum Gasteiger partial charge on any atom is 0.144 e. The van der Waals surface area contributed by atoms with Gasteiger partial charge in [-0.15, -0.1) is 0 Å². The van der Waals surface area contributed by atoms with Gasteiger partial charge in [-0.25, -0.2) is 0 Å². The molecule has 2 nitrogen and oxygen atoms in total. The van der Waals surface area contributed by atoms with Gasteiger partial charge in [-0.3, -0.25) is 4.98 Å². The maximum atomic E-state index is 8.98. The van der Waals surface area contributed by atoms with Gasteiger partial charge in [-0.1, -0.05) is 50.2 Å². The van der Waals surface area contributed by atoms with Crippen molar-refractivity contribution < 1.29 is 11.3 Å². The van der Waals surface area contributed by atoms with E-state index in [1.54, 1.807) is 6.07 Å². The van der Waals surface area contributed by atoms with Gasteiger partial charge >= 0.3 is 0 Å². The van der Waals surface area contributed by atoms with Crippen LogP contribution >= 0.6 is 0 Å². The first-order chi connectivity index (χ1) is 16.2. The lowest BCUT2D eigenvalue weighted by Crippen LogP contribution is -2.00. The second kappa shape index (κ2) is 7.04. The summed E-state index contributed by atoms with van der Waals surface area (Å²) < 4.78 is 47.8. The molecule has 0 N–H and O–H groups in total. The molecule has 0 aliphatic rings. The van der Waals surface area contributed by atoms with Crippen LogP contribution in [0.1, 0.15) is 50.6 Å². The van der Waals surface area contributed by atoms with Crippen LogP contribution in [0.3, 0.4) is 0 Å². The number of fused-ring (bicyclic) bond motifs is 4. The Kier molecular flexibility index (Phi) is 3.19. The summed E-state index contributed by atoms with van der Waals surface area (Å²) in [6, 6.07) is 19.7. The Bertz CT molecular complexity index is 1550. The molecule has 0 unspecified atom stereocenters. The number of para-hydroxylation sites is 1. The average molecular weight is 385 g/mol. The number of hydrogen-bond acceptors (Lipinski definition) is 2. The van der Waals surface area contributed by atoms with Crippen molar-refractivity contribution >= 4 is 32.7 Å². The molecule has 0 bridgehead atoms. The molecule has 2 heterocycles. The summed E-state index contributed by atoms with van der Waals surface area (Å²) in [4.78, 5) is 4.39. The summed E-state index contributed by atoms with van der Waals surface area (Å²) in [5.41, 5.74) is 2.71. The second-order valence-corrected chi connectivity index (χ2v) is 7.33. The first-order valence-corrected chi connectivity index (χ1v) is 10.0. The Morgan fingerprint density at radius 1 is 1.00 bits per heavy atom. The van der Waals surface area contributed by atoms with Crippen molar-refractivity contribution in [2.45, 2.75) is 39.4 Å². The fraction of sp³-hybridized carbons (Fsp3) is 0.222. The van der Waals surface area contributed by atoms with Crippen LogP contribution in [0.25, 0.3) is 44.0 Å². The topological polar surface area (TPSA) is 26.0 Å². The fourth-order valence-electron chi connectivity index (χ4n) is 4.15. The van der Waals surface area contributed by atoms with Gasteiger partial charge in [0.15, 0.2) is 0 Å². The monoisotopic (exact) mass is 384 g/mol. The minimum absolute atomic E-state index is 0.141. The van der Waals surface area contributed by atoms with Crippen LogP contribution < -0.4 is 0 Å². The molecule has 0 fully saturated rings. The molecule has 2 heteroatoms. The van der Waals surface area contributed by atoms with Gasteiger partial charge in [0.25, 0.3) is 0 Å². The number of furan rings is 1. The molecule has 0 aliphatic heterocycles. The van der Waals surface area contributed by atoms with Crippen LogP contribution in [0, 0.1) is 6.85 Å². The average Bonchev–Trinajstić information content (AvgIpc) is 3.18. The highest BCUT2D eigenvalue weighted by atomic mass is 16.3. The van der Waals surface area contributed by atoms with E-state index in [2.05, 4.69) is 17.1 Å². The Hall–Kier alpha value is -3.13. The van der Waals surface area contributed by atoms with E-state index in [1.807, 2.05) is 56.3 Å². The van der Waals surface area contributed by atoms with E-state index in [9.17, 15) is 0 Å². The largest absolute Gasteiger partial charge is 0.455 e. The van der Waals surface area contributed by atoms with Crippen LogP contribution in [-0.4, -0.2) is 4.98 Å². The summed E-state index contributed by atoms with van der Waals surface area (Å²) in [6.45, 7) is 1.21. The van der Waals surface area contributed by atoms with Crippen LogP contribution in [0.2, 0.25) is 0 Å². The van der Waals surface area contributed by atoms with Crippen molar-refractivity contribution in [3.8, 4) is 11.3 Å². The number of rotatable bonds is 4. The standard InChI is InChI=1S/C27H25NO/c1-4-18(5-2)23-15-25(28-16-17(23)3)22-12-8-11-21-24-13-19-9-6-7-10-20(19)14-26(24)29-27(21)22/h6-16,18H,4-5H2,1-3H3/i3D3,16D,18D. The molecule has 0 aliphatic carbocycles. The lowest BCUT2D eigenvalue weighted by Gasteiger charge is -2.16. The fourth-order valence-corrected chi connectivity index (χ4v) is 4.15. The van der Waals surface area contributed by atoms with E-state index in [1.165, 1.54) is 0 Å². The highest BCUT2D eigenvalue weighted by Gasteiger charge is 2.16. The second-order valence-electron chi connectivity index (χ2n) is 7.33. The zero-order chi connectivity index (χ0) is 24.3. The quantitative estimate of drug-likeness (QED) is 0.313. The van der Waals surface area contributed by atoms with Gasteiger partial charge in [0.2, 0.25) is 0 Å². The third-order valence-corrected chi connectivity index (χ3v) is 5.71. The van der Waals surface area contributed by atoms with Gasteiger partial charge < -0.3 is 4.42 Å². The van der Waals surface area contributed by atoms with E-state index >= 15 is 0 Å². The number of benzene rings is 3. The third-order valence-electron chi connectivity index (χ3n) is 5.71. The molecule has 0 spiro atoms. The first kappa shape index (κ1) is 13.2. The molecule has 0 saturated carbocycles. The molecular weight excluding hydrogens is 354 g/mol. The molecule has 3 aromatic carbocycles. The Balaban J connectivity index is 1.81. The molecule has 5 aromatic rings. The highest BCUT2D eigenvalue weighted by Crippen LogP contribution is 2.38. The predicted molar refractivity (Wildman–Crippen MR) is 123 cm³/mol. The number of hydrogen-bond donors (Lipinski definition) is 0. The highest BCUT2D eigenvalue weighted by molar-refractivity contribution is 6.13. The van der Waals surface area contributed by atoms with E-state index in [-0.39, 0.29) is 11.7 Å². The predicted octanol–water partition coefficient (Wildman–Crippen LogP) is 8.01. The Morgan fingerprint density at radius 2 is 1.79 bits per heavy atom. The van der Waals surface area contributed by atoms with Crippen LogP contribution in [0.5, 0.6) is 0 Å². The van der Waals surface area contributed by atoms with Crippen LogP contribution in [0.15, 0.2) is 71.3 Å². The molecule has 29 heavy (non-hydrogen) atoms. The minimum atomic E-state index is -2.53. The normalized spacial score (nSPS) is 15.2. The van der Waals surface area contributed by atoms with Crippen molar-refractivity contribution in [1.82, 2.24) is 4.98 Å². The van der Waals surface area contributed by atoms with Gasteiger partial charge in [0, 0.05) is 28.0 Å². The van der Waals surface area contributed by atoms with Gasteiger partial charge in [-0.05, 0) is 71.8 Å². The van der Waals surface area contributed by atoms with Gasteiger partial charge in [0.05, 0.1) is 7.06 Å².